The highest BCUT2D eigenvalue weighted by Crippen LogP contribution is 2.40. The van der Waals surface area contributed by atoms with Gasteiger partial charge in [-0.2, -0.15) is 0 Å². The SMILES string of the molecule is CC1(OO)C(=O)C2CCCC(C2)C1=O. The topological polar surface area (TPSA) is 63.6 Å². The first-order chi connectivity index (χ1) is 6.59. The van der Waals surface area contributed by atoms with Crippen LogP contribution in [0.2, 0.25) is 0 Å². The van der Waals surface area contributed by atoms with E-state index in [9.17, 15) is 9.59 Å². The first kappa shape index (κ1) is 9.80. The van der Waals surface area contributed by atoms with E-state index in [-0.39, 0.29) is 23.4 Å². The second-order valence-corrected chi connectivity index (χ2v) is 4.41. The summed E-state index contributed by atoms with van der Waals surface area (Å²) in [5.74, 6) is -0.686. The molecule has 0 aromatic heterocycles. The second-order valence-electron chi connectivity index (χ2n) is 4.41. The van der Waals surface area contributed by atoms with Gasteiger partial charge in [-0.15, -0.1) is 0 Å². The molecule has 0 aliphatic heterocycles. The molecule has 0 radical (unpaired) electrons. The lowest BCUT2D eigenvalue weighted by atomic mass is 9.65. The Balaban J connectivity index is 2.34. The molecular formula is C10H14O4. The van der Waals surface area contributed by atoms with Crippen molar-refractivity contribution in [1.82, 2.24) is 0 Å². The summed E-state index contributed by atoms with van der Waals surface area (Å²) in [5.41, 5.74) is -1.59. The fourth-order valence-corrected chi connectivity index (χ4v) is 2.66. The van der Waals surface area contributed by atoms with Crippen LogP contribution in [0.3, 0.4) is 0 Å². The Hall–Kier alpha value is -0.740. The van der Waals surface area contributed by atoms with Crippen molar-refractivity contribution in [2.45, 2.75) is 38.2 Å². The third-order valence-electron chi connectivity index (χ3n) is 3.54. The third kappa shape index (κ3) is 1.14. The molecule has 2 aliphatic rings. The fraction of sp³-hybridized carbons (Fsp3) is 0.800. The summed E-state index contributed by atoms with van der Waals surface area (Å²) in [6.07, 6.45) is 3.22. The summed E-state index contributed by atoms with van der Waals surface area (Å²) in [7, 11) is 0. The van der Waals surface area contributed by atoms with Crippen molar-refractivity contribution in [1.29, 1.82) is 0 Å². The zero-order valence-corrected chi connectivity index (χ0v) is 8.16. The summed E-state index contributed by atoms with van der Waals surface area (Å²) in [5, 5.41) is 8.70. The van der Waals surface area contributed by atoms with Gasteiger partial charge in [0.15, 0.2) is 11.6 Å². The molecule has 14 heavy (non-hydrogen) atoms. The van der Waals surface area contributed by atoms with E-state index < -0.39 is 5.60 Å². The summed E-state index contributed by atoms with van der Waals surface area (Å²) in [4.78, 5) is 27.7. The number of ketones is 2. The van der Waals surface area contributed by atoms with Crippen LogP contribution >= 0.6 is 0 Å². The second kappa shape index (κ2) is 3.14. The molecule has 2 fully saturated rings. The van der Waals surface area contributed by atoms with Crippen LogP contribution in [0.5, 0.6) is 0 Å². The molecule has 2 unspecified atom stereocenters. The maximum atomic E-state index is 11.8. The number of rotatable bonds is 1. The van der Waals surface area contributed by atoms with Gasteiger partial charge in [0.2, 0.25) is 5.60 Å². The minimum atomic E-state index is -1.59. The van der Waals surface area contributed by atoms with E-state index >= 15 is 0 Å². The molecule has 0 heterocycles. The molecule has 4 nitrogen and oxygen atoms in total. The van der Waals surface area contributed by atoms with E-state index in [1.807, 2.05) is 0 Å². The van der Waals surface area contributed by atoms with Gasteiger partial charge in [0.1, 0.15) is 0 Å². The highest BCUT2D eigenvalue weighted by molar-refractivity contribution is 6.13. The number of hydrogen-bond donors (Lipinski definition) is 1. The van der Waals surface area contributed by atoms with Gasteiger partial charge in [-0.3, -0.25) is 14.8 Å². The number of hydrogen-bond acceptors (Lipinski definition) is 4. The van der Waals surface area contributed by atoms with Gasteiger partial charge in [0.25, 0.3) is 0 Å². The largest absolute Gasteiger partial charge is 0.295 e. The first-order valence-corrected chi connectivity index (χ1v) is 5.01. The van der Waals surface area contributed by atoms with Crippen LogP contribution in [0.4, 0.5) is 0 Å². The van der Waals surface area contributed by atoms with Crippen molar-refractivity contribution in [2.75, 3.05) is 0 Å². The maximum absolute atomic E-state index is 11.8. The minimum Gasteiger partial charge on any atom is -0.295 e. The van der Waals surface area contributed by atoms with Gasteiger partial charge < -0.3 is 0 Å². The average Bonchev–Trinajstić information content (AvgIpc) is 2.24. The molecule has 0 aromatic carbocycles. The van der Waals surface area contributed by atoms with Crippen molar-refractivity contribution in [2.24, 2.45) is 11.8 Å². The molecule has 4 heteroatoms. The minimum absolute atomic E-state index is 0.0939. The highest BCUT2D eigenvalue weighted by Gasteiger charge is 2.54. The predicted molar refractivity (Wildman–Crippen MR) is 47.6 cm³/mol. The Morgan fingerprint density at radius 2 is 1.79 bits per heavy atom. The van der Waals surface area contributed by atoms with Crippen molar-refractivity contribution < 1.29 is 19.7 Å². The third-order valence-corrected chi connectivity index (χ3v) is 3.54. The van der Waals surface area contributed by atoms with E-state index in [0.29, 0.717) is 6.42 Å². The van der Waals surface area contributed by atoms with E-state index in [1.54, 1.807) is 0 Å². The molecule has 78 valence electrons. The quantitative estimate of drug-likeness (QED) is 0.390. The Bertz CT molecular complexity index is 262. The number of fused-ring (bicyclic) bond motifs is 2. The smallest absolute Gasteiger partial charge is 0.216 e. The Kier molecular flexibility index (Phi) is 2.20. The fourth-order valence-electron chi connectivity index (χ4n) is 2.66. The molecule has 2 aliphatic carbocycles. The van der Waals surface area contributed by atoms with Crippen LogP contribution in [0.1, 0.15) is 32.6 Å². The van der Waals surface area contributed by atoms with Gasteiger partial charge in [-0.05, 0) is 26.2 Å². The van der Waals surface area contributed by atoms with Gasteiger partial charge >= 0.3 is 0 Å². The molecule has 0 aromatic rings. The van der Waals surface area contributed by atoms with Crippen LogP contribution in [-0.2, 0) is 14.5 Å². The lowest BCUT2D eigenvalue weighted by molar-refractivity contribution is -0.301. The molecule has 2 rings (SSSR count). The van der Waals surface area contributed by atoms with Crippen LogP contribution in [0, 0.1) is 11.8 Å². The summed E-state index contributed by atoms with van der Waals surface area (Å²) >= 11 is 0. The predicted octanol–water partition coefficient (Wildman–Crippen LogP) is 1.19. The van der Waals surface area contributed by atoms with Crippen LogP contribution < -0.4 is 0 Å². The van der Waals surface area contributed by atoms with Crippen molar-refractivity contribution in [3.8, 4) is 0 Å². The zero-order valence-electron chi connectivity index (χ0n) is 8.16. The first-order valence-electron chi connectivity index (χ1n) is 5.01. The van der Waals surface area contributed by atoms with Gasteiger partial charge in [0, 0.05) is 11.8 Å². The summed E-state index contributed by atoms with van der Waals surface area (Å²) in [6, 6.07) is 0. The molecular weight excluding hydrogens is 184 g/mol. The van der Waals surface area contributed by atoms with Gasteiger partial charge in [-0.1, -0.05) is 6.42 Å². The standard InChI is InChI=1S/C10H14O4/c1-10(14-13)8(11)6-3-2-4-7(5-6)9(10)12/h6-7,13H,2-5H2,1H3. The van der Waals surface area contributed by atoms with Crippen molar-refractivity contribution >= 4 is 11.6 Å². The van der Waals surface area contributed by atoms with Gasteiger partial charge in [0.05, 0.1) is 0 Å². The Morgan fingerprint density at radius 1 is 1.29 bits per heavy atom. The average molecular weight is 198 g/mol. The van der Waals surface area contributed by atoms with Gasteiger partial charge in [-0.25, -0.2) is 4.89 Å². The maximum Gasteiger partial charge on any atom is 0.216 e. The summed E-state index contributed by atoms with van der Waals surface area (Å²) in [6.45, 7) is 1.38. The Labute approximate surface area is 82.2 Å². The molecule has 1 N–H and O–H groups in total. The molecule has 0 spiro atoms. The molecule has 2 saturated carbocycles. The summed E-state index contributed by atoms with van der Waals surface area (Å²) < 4.78 is 0. The number of Topliss-reactive ketones (excluding diaryl/α,β-unsaturated/α-hetero) is 2. The van der Waals surface area contributed by atoms with Crippen molar-refractivity contribution in [3.05, 3.63) is 0 Å². The number of carbonyl (C=O) groups excluding carboxylic acids is 2. The molecule has 2 atom stereocenters. The molecule has 2 bridgehead atoms. The van der Waals surface area contributed by atoms with E-state index in [0.717, 1.165) is 19.3 Å². The van der Waals surface area contributed by atoms with Crippen LogP contribution in [0.25, 0.3) is 0 Å². The monoisotopic (exact) mass is 198 g/mol. The van der Waals surface area contributed by atoms with Crippen LogP contribution in [-0.4, -0.2) is 22.4 Å². The molecule has 0 saturated heterocycles. The molecule has 0 amide bonds. The van der Waals surface area contributed by atoms with Crippen LogP contribution in [0.15, 0.2) is 0 Å². The highest BCUT2D eigenvalue weighted by atomic mass is 17.1. The van der Waals surface area contributed by atoms with E-state index in [4.69, 9.17) is 5.26 Å². The zero-order chi connectivity index (χ0) is 10.3. The Morgan fingerprint density at radius 3 is 2.21 bits per heavy atom. The lowest BCUT2D eigenvalue weighted by Gasteiger charge is -2.40. The number of carbonyl (C=O) groups is 2. The van der Waals surface area contributed by atoms with E-state index in [1.165, 1.54) is 6.92 Å². The lowest BCUT2D eigenvalue weighted by Crippen LogP contribution is -2.57. The van der Waals surface area contributed by atoms with Crippen molar-refractivity contribution in [3.63, 3.8) is 0 Å². The normalized spacial score (nSPS) is 42.7. The van der Waals surface area contributed by atoms with E-state index in [2.05, 4.69) is 4.89 Å².